The van der Waals surface area contributed by atoms with Crippen LogP contribution in [0.25, 0.3) is 0 Å². The van der Waals surface area contributed by atoms with E-state index in [-0.39, 0.29) is 0 Å². The number of carbonyl (C=O) groups excluding carboxylic acids is 1. The van der Waals surface area contributed by atoms with Gasteiger partial charge in [0.15, 0.2) is 0 Å². The van der Waals surface area contributed by atoms with Crippen LogP contribution in [0.1, 0.15) is 39.7 Å². The van der Waals surface area contributed by atoms with E-state index in [2.05, 4.69) is 17.4 Å². The van der Waals surface area contributed by atoms with E-state index in [4.69, 9.17) is 4.74 Å². The average Bonchev–Trinajstić information content (AvgIpc) is 2.36. The monoisotopic (exact) mass is 276 g/mol. The summed E-state index contributed by atoms with van der Waals surface area (Å²) in [6, 6.07) is 9.90. The van der Waals surface area contributed by atoms with Crippen LogP contribution in [0.15, 0.2) is 43.0 Å². The lowest BCUT2D eigenvalue weighted by Gasteiger charge is -2.31. The van der Waals surface area contributed by atoms with Crippen molar-refractivity contribution < 1.29 is 9.53 Å². The standard InChI is InChI=1S/C16H24N2O2/c1-6-12-16(5,13-10-8-7-9-11-13)18-17-14(19)20-15(2,3)4/h6-11,18H,1,12H2,2-5H3,(H,17,19). The Balaban J connectivity index is 2.73. The van der Waals surface area contributed by atoms with Gasteiger partial charge in [-0.15, -0.1) is 6.58 Å². The molecule has 1 amide bonds. The molecule has 1 aromatic carbocycles. The Kier molecular flexibility index (Phi) is 5.34. The summed E-state index contributed by atoms with van der Waals surface area (Å²) in [7, 11) is 0. The lowest BCUT2D eigenvalue weighted by atomic mass is 9.89. The fourth-order valence-electron chi connectivity index (χ4n) is 1.83. The van der Waals surface area contributed by atoms with Crippen molar-refractivity contribution in [1.82, 2.24) is 10.9 Å². The van der Waals surface area contributed by atoms with Gasteiger partial charge in [0.25, 0.3) is 0 Å². The minimum Gasteiger partial charge on any atom is -0.443 e. The first-order valence-corrected chi connectivity index (χ1v) is 6.69. The van der Waals surface area contributed by atoms with Gasteiger partial charge in [-0.05, 0) is 39.7 Å². The molecule has 0 saturated carbocycles. The molecule has 0 saturated heterocycles. The number of benzene rings is 1. The Bertz CT molecular complexity index is 451. The van der Waals surface area contributed by atoms with E-state index in [1.807, 2.05) is 64.1 Å². The Labute approximate surface area is 121 Å². The van der Waals surface area contributed by atoms with Gasteiger partial charge in [-0.2, -0.15) is 0 Å². The van der Waals surface area contributed by atoms with Crippen molar-refractivity contribution in [2.24, 2.45) is 0 Å². The molecule has 1 rings (SSSR count). The number of hydrogen-bond donors (Lipinski definition) is 2. The maximum absolute atomic E-state index is 11.7. The Morgan fingerprint density at radius 3 is 2.35 bits per heavy atom. The van der Waals surface area contributed by atoms with Gasteiger partial charge in [0.1, 0.15) is 5.60 Å². The highest BCUT2D eigenvalue weighted by Gasteiger charge is 2.26. The quantitative estimate of drug-likeness (QED) is 0.639. The molecule has 0 aliphatic carbocycles. The van der Waals surface area contributed by atoms with Crippen LogP contribution >= 0.6 is 0 Å². The van der Waals surface area contributed by atoms with Crippen molar-refractivity contribution in [2.45, 2.75) is 45.3 Å². The number of ether oxygens (including phenoxy) is 1. The second kappa shape index (κ2) is 6.57. The summed E-state index contributed by atoms with van der Waals surface area (Å²) in [6.45, 7) is 11.3. The van der Waals surface area contributed by atoms with Gasteiger partial charge in [-0.1, -0.05) is 36.4 Å². The molecule has 0 radical (unpaired) electrons. The molecule has 4 nitrogen and oxygen atoms in total. The molecule has 1 unspecified atom stereocenters. The number of nitrogens with one attached hydrogen (secondary N) is 2. The second-order valence-electron chi connectivity index (χ2n) is 5.94. The highest BCUT2D eigenvalue weighted by atomic mass is 16.6. The predicted molar refractivity (Wildman–Crippen MR) is 81.1 cm³/mol. The molecule has 0 spiro atoms. The van der Waals surface area contributed by atoms with Crippen molar-refractivity contribution in [3.8, 4) is 0 Å². The van der Waals surface area contributed by atoms with E-state index < -0.39 is 17.2 Å². The predicted octanol–water partition coefficient (Wildman–Crippen LogP) is 3.51. The molecular formula is C16H24N2O2. The summed E-state index contributed by atoms with van der Waals surface area (Å²) >= 11 is 0. The first-order chi connectivity index (χ1) is 9.27. The SMILES string of the molecule is C=CCC(C)(NNC(=O)OC(C)(C)C)c1ccccc1. The molecule has 0 fully saturated rings. The van der Waals surface area contributed by atoms with Crippen LogP contribution in [0.5, 0.6) is 0 Å². The third-order valence-corrected chi connectivity index (χ3v) is 2.80. The highest BCUT2D eigenvalue weighted by Crippen LogP contribution is 2.24. The van der Waals surface area contributed by atoms with Gasteiger partial charge in [-0.25, -0.2) is 10.2 Å². The fourth-order valence-corrected chi connectivity index (χ4v) is 1.83. The van der Waals surface area contributed by atoms with Crippen LogP contribution < -0.4 is 10.9 Å². The molecule has 0 aliphatic rings. The summed E-state index contributed by atoms with van der Waals surface area (Å²) in [5.74, 6) is 0. The zero-order valence-electron chi connectivity index (χ0n) is 12.7. The average molecular weight is 276 g/mol. The topological polar surface area (TPSA) is 50.4 Å². The smallest absolute Gasteiger partial charge is 0.422 e. The number of amides is 1. The van der Waals surface area contributed by atoms with Crippen LogP contribution in [0, 0.1) is 0 Å². The zero-order valence-corrected chi connectivity index (χ0v) is 12.7. The maximum Gasteiger partial charge on any atom is 0.422 e. The van der Waals surface area contributed by atoms with Gasteiger partial charge in [-0.3, -0.25) is 5.43 Å². The molecule has 2 N–H and O–H groups in total. The number of hydrogen-bond acceptors (Lipinski definition) is 3. The van der Waals surface area contributed by atoms with Gasteiger partial charge >= 0.3 is 6.09 Å². The van der Waals surface area contributed by atoms with Gasteiger partial charge in [0, 0.05) is 0 Å². The summed E-state index contributed by atoms with van der Waals surface area (Å²) in [5, 5.41) is 0. The Hall–Kier alpha value is -1.81. The van der Waals surface area contributed by atoms with Crippen LogP contribution in [0.4, 0.5) is 4.79 Å². The van der Waals surface area contributed by atoms with E-state index in [9.17, 15) is 4.79 Å². The normalized spacial score (nSPS) is 14.2. The first kappa shape index (κ1) is 16.2. The van der Waals surface area contributed by atoms with E-state index in [1.54, 1.807) is 0 Å². The minimum absolute atomic E-state index is 0.431. The van der Waals surface area contributed by atoms with E-state index in [0.29, 0.717) is 6.42 Å². The van der Waals surface area contributed by atoms with Crippen LogP contribution in [0.2, 0.25) is 0 Å². The molecule has 20 heavy (non-hydrogen) atoms. The Morgan fingerprint density at radius 1 is 1.25 bits per heavy atom. The Morgan fingerprint density at radius 2 is 1.85 bits per heavy atom. The van der Waals surface area contributed by atoms with E-state index >= 15 is 0 Å². The van der Waals surface area contributed by atoms with Gasteiger partial charge in [0.2, 0.25) is 0 Å². The van der Waals surface area contributed by atoms with Crippen molar-refractivity contribution in [3.63, 3.8) is 0 Å². The fraction of sp³-hybridized carbons (Fsp3) is 0.438. The summed E-state index contributed by atoms with van der Waals surface area (Å²) in [6.07, 6.45) is 1.99. The third kappa shape index (κ3) is 5.05. The third-order valence-electron chi connectivity index (χ3n) is 2.80. The number of rotatable bonds is 5. The molecule has 0 bridgehead atoms. The molecule has 0 aromatic heterocycles. The van der Waals surface area contributed by atoms with Crippen molar-refractivity contribution in [2.75, 3.05) is 0 Å². The van der Waals surface area contributed by atoms with E-state index in [1.165, 1.54) is 0 Å². The molecule has 0 aliphatic heterocycles. The minimum atomic E-state index is -0.520. The zero-order chi connectivity index (χ0) is 15.2. The summed E-state index contributed by atoms with van der Waals surface area (Å²) in [4.78, 5) is 11.7. The second-order valence-corrected chi connectivity index (χ2v) is 5.94. The number of hydrazine groups is 1. The van der Waals surface area contributed by atoms with Crippen molar-refractivity contribution in [1.29, 1.82) is 0 Å². The van der Waals surface area contributed by atoms with Crippen LogP contribution in [0.3, 0.4) is 0 Å². The van der Waals surface area contributed by atoms with Crippen molar-refractivity contribution in [3.05, 3.63) is 48.6 Å². The summed E-state index contributed by atoms with van der Waals surface area (Å²) < 4.78 is 5.21. The molecule has 0 heterocycles. The molecule has 1 aromatic rings. The maximum atomic E-state index is 11.7. The lowest BCUT2D eigenvalue weighted by Crippen LogP contribution is -2.51. The van der Waals surface area contributed by atoms with Gasteiger partial charge < -0.3 is 4.74 Å². The van der Waals surface area contributed by atoms with Crippen LogP contribution in [-0.4, -0.2) is 11.7 Å². The largest absolute Gasteiger partial charge is 0.443 e. The lowest BCUT2D eigenvalue weighted by molar-refractivity contribution is 0.0466. The molecular weight excluding hydrogens is 252 g/mol. The summed E-state index contributed by atoms with van der Waals surface area (Å²) in [5.41, 5.74) is 5.76. The first-order valence-electron chi connectivity index (χ1n) is 6.69. The van der Waals surface area contributed by atoms with Crippen LogP contribution in [-0.2, 0) is 10.3 Å². The number of carbonyl (C=O) groups is 1. The van der Waals surface area contributed by atoms with Gasteiger partial charge in [0.05, 0.1) is 5.54 Å². The highest BCUT2D eigenvalue weighted by molar-refractivity contribution is 5.67. The van der Waals surface area contributed by atoms with Crippen molar-refractivity contribution >= 4 is 6.09 Å². The molecule has 1 atom stereocenters. The molecule has 110 valence electrons. The molecule has 4 heteroatoms. The van der Waals surface area contributed by atoms with E-state index in [0.717, 1.165) is 5.56 Å².